The summed E-state index contributed by atoms with van der Waals surface area (Å²) in [5.74, 6) is 0.480. The fraction of sp³-hybridized carbons (Fsp3) is 0.167. The van der Waals surface area contributed by atoms with E-state index in [0.717, 1.165) is 28.9 Å². The molecule has 0 radical (unpaired) electrons. The monoisotopic (exact) mass is 369 g/mol. The third-order valence-electron chi connectivity index (χ3n) is 5.02. The Morgan fingerprint density at radius 1 is 1.00 bits per heavy atom. The van der Waals surface area contributed by atoms with Crippen LogP contribution in [0.4, 0.5) is 5.82 Å². The molecule has 2 aromatic heterocycles. The molecule has 1 atom stereocenters. The van der Waals surface area contributed by atoms with E-state index < -0.39 is 0 Å². The fourth-order valence-corrected chi connectivity index (χ4v) is 3.49. The van der Waals surface area contributed by atoms with Gasteiger partial charge in [-0.2, -0.15) is 0 Å². The first-order valence-corrected chi connectivity index (χ1v) is 9.57. The highest BCUT2D eigenvalue weighted by molar-refractivity contribution is 5.98. The summed E-state index contributed by atoms with van der Waals surface area (Å²) in [4.78, 5) is 17.9. The lowest BCUT2D eigenvalue weighted by Gasteiger charge is -2.16. The quantitative estimate of drug-likeness (QED) is 0.509. The average Bonchev–Trinajstić information content (AvgIpc) is 3.08. The summed E-state index contributed by atoms with van der Waals surface area (Å²) in [6.07, 6.45) is 2.66. The van der Waals surface area contributed by atoms with Gasteiger partial charge in [-0.05, 0) is 31.0 Å². The van der Waals surface area contributed by atoms with Gasteiger partial charge in [0.1, 0.15) is 17.2 Å². The van der Waals surface area contributed by atoms with Crippen molar-refractivity contribution in [2.75, 3.05) is 5.32 Å². The second-order valence-corrected chi connectivity index (χ2v) is 6.96. The van der Waals surface area contributed by atoms with Crippen molar-refractivity contribution in [3.8, 4) is 11.3 Å². The Balaban J connectivity index is 1.76. The fourth-order valence-electron chi connectivity index (χ4n) is 3.49. The van der Waals surface area contributed by atoms with Crippen molar-refractivity contribution in [2.24, 2.45) is 0 Å². The zero-order valence-corrected chi connectivity index (χ0v) is 16.1. The maximum atomic E-state index is 13.2. The lowest BCUT2D eigenvalue weighted by molar-refractivity contribution is -0.117. The maximum Gasteiger partial charge on any atom is 0.233 e. The Morgan fingerprint density at radius 2 is 1.71 bits per heavy atom. The maximum absolute atomic E-state index is 13.2. The SMILES string of the molecule is CCC(C(=O)Nc1c(-c2ccc(C)cc2)nc2ccccn12)c1ccccc1. The number of nitrogens with zero attached hydrogens (tertiary/aromatic N) is 2. The van der Waals surface area contributed by atoms with Gasteiger partial charge < -0.3 is 5.32 Å². The molecule has 1 unspecified atom stereocenters. The number of aryl methyl sites for hydroxylation is 1. The van der Waals surface area contributed by atoms with Gasteiger partial charge in [0.25, 0.3) is 0 Å². The third kappa shape index (κ3) is 3.41. The van der Waals surface area contributed by atoms with Crippen LogP contribution in [-0.4, -0.2) is 15.3 Å². The predicted octanol–water partition coefficient (Wildman–Crippen LogP) is 5.44. The molecule has 2 aromatic carbocycles. The van der Waals surface area contributed by atoms with Crippen LogP contribution in [0.3, 0.4) is 0 Å². The van der Waals surface area contributed by atoms with Crippen molar-refractivity contribution in [1.29, 1.82) is 0 Å². The van der Waals surface area contributed by atoms with E-state index in [4.69, 9.17) is 4.98 Å². The van der Waals surface area contributed by atoms with Crippen LogP contribution in [-0.2, 0) is 4.79 Å². The molecular formula is C24H23N3O. The smallest absolute Gasteiger partial charge is 0.233 e. The van der Waals surface area contributed by atoms with Crippen LogP contribution in [0.25, 0.3) is 16.9 Å². The lowest BCUT2D eigenvalue weighted by Crippen LogP contribution is -2.21. The topological polar surface area (TPSA) is 46.4 Å². The Labute approximate surface area is 164 Å². The molecule has 28 heavy (non-hydrogen) atoms. The molecule has 4 aromatic rings. The molecule has 1 N–H and O–H groups in total. The normalized spacial score (nSPS) is 12.1. The highest BCUT2D eigenvalue weighted by atomic mass is 16.2. The molecule has 140 valence electrons. The van der Waals surface area contributed by atoms with E-state index in [9.17, 15) is 4.79 Å². The van der Waals surface area contributed by atoms with Crippen LogP contribution in [0, 0.1) is 6.92 Å². The minimum atomic E-state index is -0.207. The van der Waals surface area contributed by atoms with E-state index in [2.05, 4.69) is 24.4 Å². The molecule has 0 bridgehead atoms. The van der Waals surface area contributed by atoms with Crippen LogP contribution in [0.5, 0.6) is 0 Å². The standard InChI is InChI=1S/C24H23N3O/c1-3-20(18-9-5-4-6-10-18)24(28)26-23-22(19-14-12-17(2)13-15-19)25-21-11-7-8-16-27(21)23/h4-16,20H,3H2,1-2H3,(H,26,28). The van der Waals surface area contributed by atoms with Crippen molar-refractivity contribution in [1.82, 2.24) is 9.38 Å². The molecular weight excluding hydrogens is 346 g/mol. The average molecular weight is 369 g/mol. The minimum absolute atomic E-state index is 0.0206. The van der Waals surface area contributed by atoms with Crippen LogP contribution >= 0.6 is 0 Å². The predicted molar refractivity (Wildman–Crippen MR) is 113 cm³/mol. The summed E-state index contributed by atoms with van der Waals surface area (Å²) in [6, 6.07) is 24.0. The number of anilines is 1. The minimum Gasteiger partial charge on any atom is -0.309 e. The zero-order valence-electron chi connectivity index (χ0n) is 16.1. The summed E-state index contributed by atoms with van der Waals surface area (Å²) in [5.41, 5.74) is 4.78. The molecule has 0 saturated heterocycles. The largest absolute Gasteiger partial charge is 0.309 e. The molecule has 0 spiro atoms. The van der Waals surface area contributed by atoms with Crippen molar-refractivity contribution in [3.63, 3.8) is 0 Å². The Morgan fingerprint density at radius 3 is 2.43 bits per heavy atom. The Hall–Kier alpha value is -3.40. The summed E-state index contributed by atoms with van der Waals surface area (Å²) >= 11 is 0. The van der Waals surface area contributed by atoms with E-state index in [1.807, 2.05) is 78.2 Å². The summed E-state index contributed by atoms with van der Waals surface area (Å²) in [6.45, 7) is 4.09. The zero-order chi connectivity index (χ0) is 19.5. The molecule has 4 nitrogen and oxygen atoms in total. The number of nitrogens with one attached hydrogen (secondary N) is 1. The Kier molecular flexibility index (Phi) is 4.94. The number of aromatic nitrogens is 2. The van der Waals surface area contributed by atoms with E-state index >= 15 is 0 Å². The lowest BCUT2D eigenvalue weighted by atomic mass is 9.95. The highest BCUT2D eigenvalue weighted by Gasteiger charge is 2.22. The molecule has 0 aliphatic carbocycles. The van der Waals surface area contributed by atoms with Gasteiger partial charge in [-0.1, -0.05) is 73.2 Å². The number of benzene rings is 2. The molecule has 0 aliphatic heterocycles. The van der Waals surface area contributed by atoms with E-state index in [1.54, 1.807) is 0 Å². The van der Waals surface area contributed by atoms with Gasteiger partial charge in [0.2, 0.25) is 5.91 Å². The van der Waals surface area contributed by atoms with E-state index in [0.29, 0.717) is 5.82 Å². The van der Waals surface area contributed by atoms with Crippen molar-refractivity contribution < 1.29 is 4.79 Å². The van der Waals surface area contributed by atoms with Crippen LogP contribution in [0.1, 0.15) is 30.4 Å². The van der Waals surface area contributed by atoms with Gasteiger partial charge >= 0.3 is 0 Å². The summed E-state index contributed by atoms with van der Waals surface area (Å²) in [7, 11) is 0. The molecule has 0 aliphatic rings. The van der Waals surface area contributed by atoms with Gasteiger partial charge in [0.15, 0.2) is 0 Å². The van der Waals surface area contributed by atoms with Gasteiger partial charge in [-0.25, -0.2) is 4.98 Å². The second-order valence-electron chi connectivity index (χ2n) is 6.96. The first-order valence-electron chi connectivity index (χ1n) is 9.57. The molecule has 1 amide bonds. The first kappa shape index (κ1) is 18.0. The van der Waals surface area contributed by atoms with Crippen molar-refractivity contribution in [3.05, 3.63) is 90.1 Å². The van der Waals surface area contributed by atoms with Crippen LogP contribution in [0.2, 0.25) is 0 Å². The number of hydrogen-bond acceptors (Lipinski definition) is 2. The Bertz CT molecular complexity index is 1100. The summed E-state index contributed by atoms with van der Waals surface area (Å²) < 4.78 is 1.94. The molecule has 4 heteroatoms. The number of hydrogen-bond donors (Lipinski definition) is 1. The number of fused-ring (bicyclic) bond motifs is 1. The number of rotatable bonds is 5. The van der Waals surface area contributed by atoms with Crippen LogP contribution in [0.15, 0.2) is 79.0 Å². The van der Waals surface area contributed by atoms with Crippen molar-refractivity contribution >= 4 is 17.4 Å². The van der Waals surface area contributed by atoms with Crippen molar-refractivity contribution in [2.45, 2.75) is 26.2 Å². The number of carbonyl (C=O) groups excluding carboxylic acids is 1. The van der Waals surface area contributed by atoms with E-state index in [-0.39, 0.29) is 11.8 Å². The molecule has 4 rings (SSSR count). The van der Waals surface area contributed by atoms with Gasteiger partial charge in [0.05, 0.1) is 5.92 Å². The number of amides is 1. The third-order valence-corrected chi connectivity index (χ3v) is 5.02. The van der Waals surface area contributed by atoms with E-state index in [1.165, 1.54) is 5.56 Å². The van der Waals surface area contributed by atoms with Gasteiger partial charge in [0, 0.05) is 11.8 Å². The second kappa shape index (κ2) is 7.69. The molecule has 0 saturated carbocycles. The van der Waals surface area contributed by atoms with Crippen LogP contribution < -0.4 is 5.32 Å². The number of imidazole rings is 1. The molecule has 0 fully saturated rings. The first-order chi connectivity index (χ1) is 13.7. The number of carbonyl (C=O) groups is 1. The molecule has 2 heterocycles. The van der Waals surface area contributed by atoms with Gasteiger partial charge in [-0.15, -0.1) is 0 Å². The van der Waals surface area contributed by atoms with Gasteiger partial charge in [-0.3, -0.25) is 9.20 Å². The highest BCUT2D eigenvalue weighted by Crippen LogP contribution is 2.30. The number of pyridine rings is 1. The summed E-state index contributed by atoms with van der Waals surface area (Å²) in [5, 5.41) is 3.16.